The summed E-state index contributed by atoms with van der Waals surface area (Å²) in [6.45, 7) is 1.13. The highest BCUT2D eigenvalue weighted by molar-refractivity contribution is 5.88. The predicted molar refractivity (Wildman–Crippen MR) is 92.3 cm³/mol. The maximum Gasteiger partial charge on any atom is 0.220 e. The first-order chi connectivity index (χ1) is 11.7. The number of aromatic nitrogens is 4. The summed E-state index contributed by atoms with van der Waals surface area (Å²) in [5, 5.41) is 7.14. The lowest BCUT2D eigenvalue weighted by atomic mass is 10.2. The van der Waals surface area contributed by atoms with Gasteiger partial charge in [0, 0.05) is 37.8 Å². The van der Waals surface area contributed by atoms with E-state index in [1.54, 1.807) is 12.5 Å². The van der Waals surface area contributed by atoms with Gasteiger partial charge in [0.2, 0.25) is 5.91 Å². The Hall–Kier alpha value is -2.96. The van der Waals surface area contributed by atoms with Crippen LogP contribution in [-0.4, -0.2) is 32.0 Å². The molecule has 0 radical (unpaired) electrons. The number of aryl methyl sites for hydroxylation is 1. The summed E-state index contributed by atoms with van der Waals surface area (Å²) in [4.78, 5) is 24.5. The molecule has 1 aromatic carbocycles. The van der Waals surface area contributed by atoms with Crippen LogP contribution in [0, 0.1) is 0 Å². The summed E-state index contributed by atoms with van der Waals surface area (Å²) in [6, 6.07) is 7.84. The van der Waals surface area contributed by atoms with Crippen LogP contribution in [-0.2, 0) is 18.4 Å². The molecule has 0 bridgehead atoms. The predicted octanol–water partition coefficient (Wildman–Crippen LogP) is 1.87. The standard InChI is InChI=1S/C17H20N6O/c1-23-10-9-18-15(23)11-20-16(24)7-4-8-19-17-13-5-2-3-6-14(13)21-12-22-17/h2-3,5-6,9-10,12H,4,7-8,11H2,1H3,(H,20,24)(H,19,21,22). The molecule has 0 aliphatic heterocycles. The van der Waals surface area contributed by atoms with Crippen molar-refractivity contribution < 1.29 is 4.79 Å². The third-order valence-electron chi connectivity index (χ3n) is 3.78. The Bertz CT molecular complexity index is 823. The molecule has 2 aromatic heterocycles. The van der Waals surface area contributed by atoms with E-state index in [4.69, 9.17) is 0 Å². The summed E-state index contributed by atoms with van der Waals surface area (Å²) < 4.78 is 1.89. The number of imidazole rings is 1. The van der Waals surface area contributed by atoms with Gasteiger partial charge in [-0.05, 0) is 18.6 Å². The number of anilines is 1. The first-order valence-electron chi connectivity index (χ1n) is 7.90. The molecule has 2 heterocycles. The topological polar surface area (TPSA) is 84.7 Å². The molecule has 0 atom stereocenters. The van der Waals surface area contributed by atoms with Crippen LogP contribution in [0.25, 0.3) is 10.9 Å². The van der Waals surface area contributed by atoms with Crippen LogP contribution < -0.4 is 10.6 Å². The van der Waals surface area contributed by atoms with Crippen LogP contribution in [0.5, 0.6) is 0 Å². The zero-order valence-electron chi connectivity index (χ0n) is 13.6. The van der Waals surface area contributed by atoms with E-state index < -0.39 is 0 Å². The van der Waals surface area contributed by atoms with E-state index in [9.17, 15) is 4.79 Å². The van der Waals surface area contributed by atoms with Crippen molar-refractivity contribution >= 4 is 22.6 Å². The van der Waals surface area contributed by atoms with Gasteiger partial charge in [-0.3, -0.25) is 4.79 Å². The number of hydrogen-bond acceptors (Lipinski definition) is 5. The van der Waals surface area contributed by atoms with Crippen LogP contribution >= 0.6 is 0 Å². The number of nitrogens with zero attached hydrogens (tertiary/aromatic N) is 4. The molecule has 2 N–H and O–H groups in total. The average molecular weight is 324 g/mol. The van der Waals surface area contributed by atoms with Crippen molar-refractivity contribution in [1.82, 2.24) is 24.8 Å². The fourth-order valence-corrected chi connectivity index (χ4v) is 2.43. The molecule has 7 nitrogen and oxygen atoms in total. The fraction of sp³-hybridized carbons (Fsp3) is 0.294. The first-order valence-corrected chi connectivity index (χ1v) is 7.90. The molecule has 0 saturated carbocycles. The molecular formula is C17H20N6O. The number of para-hydroxylation sites is 1. The Labute approximate surface area is 140 Å². The van der Waals surface area contributed by atoms with E-state index in [1.807, 2.05) is 42.1 Å². The van der Waals surface area contributed by atoms with Gasteiger partial charge in [0.25, 0.3) is 0 Å². The van der Waals surface area contributed by atoms with Crippen LogP contribution in [0.3, 0.4) is 0 Å². The molecule has 7 heteroatoms. The second-order valence-corrected chi connectivity index (χ2v) is 5.50. The number of fused-ring (bicyclic) bond motifs is 1. The maximum atomic E-state index is 11.9. The summed E-state index contributed by atoms with van der Waals surface area (Å²) in [5.74, 6) is 1.66. The SMILES string of the molecule is Cn1ccnc1CNC(=O)CCCNc1ncnc2ccccc12. The quantitative estimate of drug-likeness (QED) is 0.648. The summed E-state index contributed by atoms with van der Waals surface area (Å²) in [7, 11) is 1.91. The normalized spacial score (nSPS) is 10.7. The van der Waals surface area contributed by atoms with Crippen molar-refractivity contribution in [1.29, 1.82) is 0 Å². The highest BCUT2D eigenvalue weighted by Gasteiger charge is 2.05. The Morgan fingerprint density at radius 3 is 2.92 bits per heavy atom. The van der Waals surface area contributed by atoms with E-state index in [0.717, 1.165) is 29.0 Å². The van der Waals surface area contributed by atoms with Crippen LogP contribution in [0.15, 0.2) is 43.0 Å². The molecular weight excluding hydrogens is 304 g/mol. The van der Waals surface area contributed by atoms with Crippen LogP contribution in [0.1, 0.15) is 18.7 Å². The van der Waals surface area contributed by atoms with Gasteiger partial charge < -0.3 is 15.2 Å². The summed E-state index contributed by atoms with van der Waals surface area (Å²) in [5.41, 5.74) is 0.905. The van der Waals surface area contributed by atoms with Crippen molar-refractivity contribution in [3.05, 3.63) is 48.8 Å². The fourth-order valence-electron chi connectivity index (χ4n) is 2.43. The van der Waals surface area contributed by atoms with Gasteiger partial charge in [0.15, 0.2) is 0 Å². The lowest BCUT2D eigenvalue weighted by Crippen LogP contribution is -2.24. The Morgan fingerprint density at radius 1 is 1.21 bits per heavy atom. The number of amides is 1. The van der Waals surface area contributed by atoms with Crippen molar-refractivity contribution in [2.75, 3.05) is 11.9 Å². The Balaban J connectivity index is 1.43. The molecule has 3 aromatic rings. The molecule has 0 saturated heterocycles. The third kappa shape index (κ3) is 3.87. The number of carbonyl (C=O) groups excluding carboxylic acids is 1. The Kier molecular flexibility index (Phi) is 5.00. The van der Waals surface area contributed by atoms with Gasteiger partial charge in [-0.1, -0.05) is 12.1 Å². The van der Waals surface area contributed by atoms with Gasteiger partial charge in [0.1, 0.15) is 18.0 Å². The molecule has 0 fully saturated rings. The zero-order chi connectivity index (χ0) is 16.8. The highest BCUT2D eigenvalue weighted by atomic mass is 16.1. The van der Waals surface area contributed by atoms with Gasteiger partial charge in [-0.25, -0.2) is 15.0 Å². The smallest absolute Gasteiger partial charge is 0.220 e. The number of hydrogen-bond donors (Lipinski definition) is 2. The van der Waals surface area contributed by atoms with Crippen molar-refractivity contribution in [2.24, 2.45) is 7.05 Å². The number of carbonyl (C=O) groups is 1. The molecule has 0 spiro atoms. The summed E-state index contributed by atoms with van der Waals surface area (Å²) >= 11 is 0. The molecule has 0 aliphatic carbocycles. The highest BCUT2D eigenvalue weighted by Crippen LogP contribution is 2.18. The van der Waals surface area contributed by atoms with Gasteiger partial charge >= 0.3 is 0 Å². The van der Waals surface area contributed by atoms with Crippen molar-refractivity contribution in [3.63, 3.8) is 0 Å². The minimum absolute atomic E-state index is 0.0207. The van der Waals surface area contributed by atoms with E-state index in [2.05, 4.69) is 25.6 Å². The van der Waals surface area contributed by atoms with E-state index in [1.165, 1.54) is 0 Å². The molecule has 3 rings (SSSR count). The van der Waals surface area contributed by atoms with Crippen LogP contribution in [0.4, 0.5) is 5.82 Å². The van der Waals surface area contributed by atoms with E-state index in [0.29, 0.717) is 19.5 Å². The molecule has 1 amide bonds. The molecule has 124 valence electrons. The maximum absolute atomic E-state index is 11.9. The molecule has 0 unspecified atom stereocenters. The summed E-state index contributed by atoms with van der Waals surface area (Å²) in [6.07, 6.45) is 6.31. The van der Waals surface area contributed by atoms with Crippen molar-refractivity contribution in [2.45, 2.75) is 19.4 Å². The number of nitrogens with one attached hydrogen (secondary N) is 2. The molecule has 24 heavy (non-hydrogen) atoms. The number of benzene rings is 1. The lowest BCUT2D eigenvalue weighted by Gasteiger charge is -2.08. The minimum atomic E-state index is 0.0207. The Morgan fingerprint density at radius 2 is 2.08 bits per heavy atom. The van der Waals surface area contributed by atoms with Gasteiger partial charge in [-0.15, -0.1) is 0 Å². The largest absolute Gasteiger partial charge is 0.369 e. The molecule has 0 aliphatic rings. The average Bonchev–Trinajstić information content (AvgIpc) is 3.02. The van der Waals surface area contributed by atoms with Crippen LogP contribution in [0.2, 0.25) is 0 Å². The zero-order valence-corrected chi connectivity index (χ0v) is 13.6. The van der Waals surface area contributed by atoms with E-state index >= 15 is 0 Å². The third-order valence-corrected chi connectivity index (χ3v) is 3.78. The van der Waals surface area contributed by atoms with Gasteiger partial charge in [-0.2, -0.15) is 0 Å². The lowest BCUT2D eigenvalue weighted by molar-refractivity contribution is -0.121. The first kappa shape index (κ1) is 15.9. The number of rotatable bonds is 7. The van der Waals surface area contributed by atoms with Gasteiger partial charge in [0.05, 0.1) is 12.1 Å². The van der Waals surface area contributed by atoms with E-state index in [-0.39, 0.29) is 5.91 Å². The second kappa shape index (κ2) is 7.54. The van der Waals surface area contributed by atoms with Crippen molar-refractivity contribution in [3.8, 4) is 0 Å². The second-order valence-electron chi connectivity index (χ2n) is 5.50. The minimum Gasteiger partial charge on any atom is -0.369 e. The monoisotopic (exact) mass is 324 g/mol.